The van der Waals surface area contributed by atoms with Crippen molar-refractivity contribution >= 4 is 22.2 Å². The Balaban J connectivity index is 2.07. The Morgan fingerprint density at radius 3 is 3.05 bits per heavy atom. The second-order valence-electron chi connectivity index (χ2n) is 4.46. The highest BCUT2D eigenvalue weighted by Gasteiger charge is 2.13. The lowest BCUT2D eigenvalue weighted by molar-refractivity contribution is 0.990. The van der Waals surface area contributed by atoms with Crippen molar-refractivity contribution in [1.29, 1.82) is 5.26 Å². The van der Waals surface area contributed by atoms with E-state index in [1.807, 2.05) is 12.1 Å². The van der Waals surface area contributed by atoms with E-state index in [1.54, 1.807) is 11.3 Å². The topological polar surface area (TPSA) is 52.5 Å². The van der Waals surface area contributed by atoms with Gasteiger partial charge in [0.15, 0.2) is 0 Å². The molecule has 1 N–H and O–H groups in total. The Morgan fingerprint density at radius 1 is 1.37 bits per heavy atom. The summed E-state index contributed by atoms with van der Waals surface area (Å²) in [5.74, 6) is 0. The molecule has 0 spiro atoms. The van der Waals surface area contributed by atoms with Gasteiger partial charge in [0, 0.05) is 40.4 Å². The van der Waals surface area contributed by atoms with Crippen LogP contribution in [0.3, 0.4) is 0 Å². The number of hydrogen-bond acceptors (Lipinski definition) is 3. The van der Waals surface area contributed by atoms with Gasteiger partial charge in [0.25, 0.3) is 0 Å². The molecule has 0 aliphatic rings. The third-order valence-corrected chi connectivity index (χ3v) is 4.06. The fourth-order valence-electron chi connectivity index (χ4n) is 2.31. The monoisotopic (exact) mass is 267 g/mol. The molecule has 0 unspecified atom stereocenters. The number of nitriles is 1. The summed E-state index contributed by atoms with van der Waals surface area (Å²) in [5.41, 5.74) is 4.46. The van der Waals surface area contributed by atoms with Gasteiger partial charge in [0.05, 0.1) is 16.8 Å². The highest BCUT2D eigenvalue weighted by molar-refractivity contribution is 7.10. The second kappa shape index (κ2) is 4.87. The van der Waals surface area contributed by atoms with E-state index in [2.05, 4.69) is 40.5 Å². The van der Waals surface area contributed by atoms with E-state index >= 15 is 0 Å². The van der Waals surface area contributed by atoms with Crippen LogP contribution in [0.15, 0.2) is 29.6 Å². The summed E-state index contributed by atoms with van der Waals surface area (Å²) in [7, 11) is 0. The van der Waals surface area contributed by atoms with E-state index in [0.29, 0.717) is 6.42 Å². The van der Waals surface area contributed by atoms with Gasteiger partial charge < -0.3 is 4.98 Å². The molecular weight excluding hydrogens is 254 g/mol. The van der Waals surface area contributed by atoms with E-state index in [9.17, 15) is 0 Å². The number of fused-ring (bicyclic) bond motifs is 1. The van der Waals surface area contributed by atoms with E-state index in [-0.39, 0.29) is 0 Å². The quantitative estimate of drug-likeness (QED) is 0.778. The number of H-pyrrole nitrogens is 1. The van der Waals surface area contributed by atoms with Crippen LogP contribution in [0, 0.1) is 18.3 Å². The van der Waals surface area contributed by atoms with Gasteiger partial charge in [-0.2, -0.15) is 5.26 Å². The molecule has 0 bridgehead atoms. The molecule has 0 atom stereocenters. The molecule has 0 amide bonds. The normalized spacial score (nSPS) is 10.7. The zero-order valence-electron chi connectivity index (χ0n) is 10.6. The standard InChI is InChI=1S/C15H13N3S/c1-10-15(11-5-2-3-6-12(11)17-10)13-9-19-14(18-13)7-4-8-16/h2-3,5-6,9,17H,4,7H2,1H3. The maximum atomic E-state index is 8.63. The Labute approximate surface area is 115 Å². The molecule has 1 aromatic carbocycles. The number of rotatable bonds is 3. The van der Waals surface area contributed by atoms with Crippen molar-refractivity contribution in [2.45, 2.75) is 19.8 Å². The van der Waals surface area contributed by atoms with Crippen molar-refractivity contribution in [3.8, 4) is 17.3 Å². The van der Waals surface area contributed by atoms with Crippen molar-refractivity contribution in [3.63, 3.8) is 0 Å². The van der Waals surface area contributed by atoms with Gasteiger partial charge in [-0.05, 0) is 13.0 Å². The van der Waals surface area contributed by atoms with Crippen LogP contribution < -0.4 is 0 Å². The predicted octanol–water partition coefficient (Wildman–Crippen LogP) is 4.06. The minimum Gasteiger partial charge on any atom is -0.358 e. The van der Waals surface area contributed by atoms with Gasteiger partial charge in [0.2, 0.25) is 0 Å². The van der Waals surface area contributed by atoms with Gasteiger partial charge in [-0.15, -0.1) is 11.3 Å². The molecule has 0 saturated carbocycles. The molecular formula is C15H13N3S. The van der Waals surface area contributed by atoms with Crippen LogP contribution in [0.4, 0.5) is 0 Å². The predicted molar refractivity (Wildman–Crippen MR) is 78.1 cm³/mol. The van der Waals surface area contributed by atoms with Crippen LogP contribution in [0.2, 0.25) is 0 Å². The van der Waals surface area contributed by atoms with Gasteiger partial charge in [-0.1, -0.05) is 18.2 Å². The third kappa shape index (κ3) is 2.13. The Kier molecular flexibility index (Phi) is 3.06. The first-order chi connectivity index (χ1) is 9.29. The lowest BCUT2D eigenvalue weighted by Crippen LogP contribution is -1.84. The van der Waals surface area contributed by atoms with Crippen LogP contribution in [-0.4, -0.2) is 9.97 Å². The van der Waals surface area contributed by atoms with Gasteiger partial charge in [-0.3, -0.25) is 0 Å². The zero-order chi connectivity index (χ0) is 13.2. The third-order valence-electron chi connectivity index (χ3n) is 3.15. The molecule has 3 aromatic rings. The zero-order valence-corrected chi connectivity index (χ0v) is 11.4. The second-order valence-corrected chi connectivity index (χ2v) is 5.40. The minimum absolute atomic E-state index is 0.528. The van der Waals surface area contributed by atoms with Crippen molar-refractivity contribution in [2.75, 3.05) is 0 Å². The Morgan fingerprint density at radius 2 is 2.21 bits per heavy atom. The lowest BCUT2D eigenvalue weighted by atomic mass is 10.1. The molecule has 19 heavy (non-hydrogen) atoms. The average Bonchev–Trinajstić information content (AvgIpc) is 2.99. The van der Waals surface area contributed by atoms with Crippen molar-refractivity contribution < 1.29 is 0 Å². The SMILES string of the molecule is Cc1[nH]c2ccccc2c1-c1csc(CCC#N)n1. The molecule has 0 aliphatic heterocycles. The number of para-hydroxylation sites is 1. The molecule has 0 radical (unpaired) electrons. The van der Waals surface area contributed by atoms with E-state index < -0.39 is 0 Å². The van der Waals surface area contributed by atoms with Crippen LogP contribution in [-0.2, 0) is 6.42 Å². The van der Waals surface area contributed by atoms with Gasteiger partial charge in [0.1, 0.15) is 0 Å². The maximum Gasteiger partial charge on any atom is 0.0942 e. The first kappa shape index (κ1) is 11.9. The molecule has 94 valence electrons. The van der Waals surface area contributed by atoms with E-state index in [4.69, 9.17) is 5.26 Å². The largest absolute Gasteiger partial charge is 0.358 e. The minimum atomic E-state index is 0.528. The van der Waals surface area contributed by atoms with Crippen LogP contribution in [0.25, 0.3) is 22.2 Å². The number of benzene rings is 1. The lowest BCUT2D eigenvalue weighted by Gasteiger charge is -1.96. The van der Waals surface area contributed by atoms with Crippen molar-refractivity contribution in [2.24, 2.45) is 0 Å². The number of nitrogens with one attached hydrogen (secondary N) is 1. The van der Waals surface area contributed by atoms with Crippen LogP contribution in [0.5, 0.6) is 0 Å². The number of hydrogen-bond donors (Lipinski definition) is 1. The fourth-order valence-corrected chi connectivity index (χ4v) is 3.10. The average molecular weight is 267 g/mol. The molecule has 4 heteroatoms. The number of nitrogens with zero attached hydrogens (tertiary/aromatic N) is 2. The first-order valence-corrected chi connectivity index (χ1v) is 7.06. The number of thiazole rings is 1. The molecule has 3 nitrogen and oxygen atoms in total. The van der Waals surface area contributed by atoms with E-state index in [1.165, 1.54) is 10.9 Å². The highest BCUT2D eigenvalue weighted by atomic mass is 32.1. The van der Waals surface area contributed by atoms with Crippen molar-refractivity contribution in [1.82, 2.24) is 9.97 Å². The highest BCUT2D eigenvalue weighted by Crippen LogP contribution is 2.32. The smallest absolute Gasteiger partial charge is 0.0942 e. The summed E-state index contributed by atoms with van der Waals surface area (Å²) in [6.07, 6.45) is 1.27. The molecule has 2 heterocycles. The Hall–Kier alpha value is -2.12. The number of aromatic nitrogens is 2. The molecule has 2 aromatic heterocycles. The summed E-state index contributed by atoms with van der Waals surface area (Å²) < 4.78 is 0. The van der Waals surface area contributed by atoms with Crippen molar-refractivity contribution in [3.05, 3.63) is 40.3 Å². The Bertz CT molecular complexity index is 761. The van der Waals surface area contributed by atoms with Crippen LogP contribution >= 0.6 is 11.3 Å². The molecule has 0 aliphatic carbocycles. The summed E-state index contributed by atoms with van der Waals surface area (Å²) in [5, 5.41) is 12.9. The maximum absolute atomic E-state index is 8.63. The van der Waals surface area contributed by atoms with Crippen LogP contribution in [0.1, 0.15) is 17.1 Å². The molecule has 0 fully saturated rings. The first-order valence-electron chi connectivity index (χ1n) is 6.18. The van der Waals surface area contributed by atoms with Gasteiger partial charge >= 0.3 is 0 Å². The summed E-state index contributed by atoms with van der Waals surface area (Å²) in [6.45, 7) is 2.07. The number of aryl methyl sites for hydroxylation is 2. The van der Waals surface area contributed by atoms with Gasteiger partial charge in [-0.25, -0.2) is 4.98 Å². The number of aromatic amines is 1. The molecule has 3 rings (SSSR count). The summed E-state index contributed by atoms with van der Waals surface area (Å²) >= 11 is 1.63. The summed E-state index contributed by atoms with van der Waals surface area (Å²) in [4.78, 5) is 8.04. The van der Waals surface area contributed by atoms with E-state index in [0.717, 1.165) is 28.3 Å². The summed E-state index contributed by atoms with van der Waals surface area (Å²) in [6, 6.07) is 10.4. The fraction of sp³-hybridized carbons (Fsp3) is 0.200. The molecule has 0 saturated heterocycles.